The number of piperazine rings is 1. The number of hydrogen-bond donors (Lipinski definition) is 0. The predicted octanol–water partition coefficient (Wildman–Crippen LogP) is 2.72. The number of carbonyl (C=O) groups excluding carboxylic acids is 1. The average Bonchev–Trinajstić information content (AvgIpc) is 2.56. The number of rotatable bonds is 4. The first-order valence-corrected chi connectivity index (χ1v) is 8.94. The third-order valence-electron chi connectivity index (χ3n) is 4.14. The third kappa shape index (κ3) is 6.95. The summed E-state index contributed by atoms with van der Waals surface area (Å²) in [4.78, 5) is 21.0. The summed E-state index contributed by atoms with van der Waals surface area (Å²) < 4.78 is 5.35. The van der Waals surface area contributed by atoms with Gasteiger partial charge < -0.3 is 9.64 Å². The van der Waals surface area contributed by atoms with Gasteiger partial charge in [-0.2, -0.15) is 10.3 Å². The summed E-state index contributed by atoms with van der Waals surface area (Å²) in [6.45, 7) is 10.1. The highest BCUT2D eigenvalue weighted by Crippen LogP contribution is 2.11. The number of likely N-dealkylation sites (N-methyl/N-ethyl adjacent to an activating group) is 1. The first kappa shape index (κ1) is 20.1. The summed E-state index contributed by atoms with van der Waals surface area (Å²) >= 11 is 0. The maximum absolute atomic E-state index is 12.2. The maximum Gasteiger partial charge on any atom is 0.434 e. The van der Waals surface area contributed by atoms with E-state index in [0.717, 1.165) is 37.5 Å². The molecule has 0 aromatic heterocycles. The Kier molecular flexibility index (Phi) is 6.90. The Morgan fingerprint density at radius 1 is 1.19 bits per heavy atom. The van der Waals surface area contributed by atoms with E-state index in [9.17, 15) is 4.79 Å². The molecule has 1 heterocycles. The van der Waals surface area contributed by atoms with Crippen molar-refractivity contribution >= 4 is 11.8 Å². The van der Waals surface area contributed by atoms with E-state index in [1.165, 1.54) is 0 Å². The summed E-state index contributed by atoms with van der Waals surface area (Å²) in [6, 6.07) is 9.51. The molecule has 2 rings (SSSR count). The highest BCUT2D eigenvalue weighted by atomic mass is 16.6. The first-order chi connectivity index (χ1) is 12.2. The number of nitriles is 1. The molecule has 1 aromatic carbocycles. The molecule has 1 fully saturated rings. The van der Waals surface area contributed by atoms with Gasteiger partial charge in [0.05, 0.1) is 11.6 Å². The fraction of sp³-hybridized carbons (Fsp3) is 0.550. The van der Waals surface area contributed by atoms with Gasteiger partial charge in [0.15, 0.2) is 0 Å². The summed E-state index contributed by atoms with van der Waals surface area (Å²) in [5.41, 5.74) is 1.88. The number of amides is 1. The summed E-state index contributed by atoms with van der Waals surface area (Å²) in [7, 11) is 2.11. The van der Waals surface area contributed by atoms with Crippen molar-refractivity contribution in [2.24, 2.45) is 4.99 Å². The van der Waals surface area contributed by atoms with Gasteiger partial charge in [-0.3, -0.25) is 4.90 Å². The quantitative estimate of drug-likeness (QED) is 0.776. The molecule has 1 aromatic rings. The molecule has 1 amide bonds. The van der Waals surface area contributed by atoms with Crippen LogP contribution in [0.25, 0.3) is 0 Å². The Bertz CT molecular complexity index is 675. The van der Waals surface area contributed by atoms with Crippen molar-refractivity contribution in [2.75, 3.05) is 39.8 Å². The van der Waals surface area contributed by atoms with Crippen LogP contribution in [0.2, 0.25) is 0 Å². The molecule has 0 N–H and O–H groups in total. The van der Waals surface area contributed by atoms with E-state index in [4.69, 9.17) is 10.00 Å². The molecule has 26 heavy (non-hydrogen) atoms. The Hall–Kier alpha value is -2.23. The van der Waals surface area contributed by atoms with E-state index in [1.807, 2.05) is 32.9 Å². The maximum atomic E-state index is 12.2. The zero-order chi connectivity index (χ0) is 19.2. The van der Waals surface area contributed by atoms with E-state index in [1.54, 1.807) is 12.1 Å². The van der Waals surface area contributed by atoms with Crippen molar-refractivity contribution in [1.29, 1.82) is 5.26 Å². The van der Waals surface area contributed by atoms with Crippen LogP contribution in [-0.2, 0) is 11.2 Å². The van der Waals surface area contributed by atoms with Crippen molar-refractivity contribution in [2.45, 2.75) is 32.8 Å². The van der Waals surface area contributed by atoms with Gasteiger partial charge in [0.25, 0.3) is 0 Å². The minimum atomic E-state index is -0.562. The van der Waals surface area contributed by atoms with Gasteiger partial charge in [-0.05, 0) is 45.5 Å². The molecule has 0 aliphatic carbocycles. The van der Waals surface area contributed by atoms with Crippen LogP contribution in [0.5, 0.6) is 0 Å². The van der Waals surface area contributed by atoms with E-state index in [0.29, 0.717) is 18.5 Å². The van der Waals surface area contributed by atoms with E-state index in [-0.39, 0.29) is 0 Å². The predicted molar refractivity (Wildman–Crippen MR) is 102 cm³/mol. The van der Waals surface area contributed by atoms with E-state index < -0.39 is 11.7 Å². The van der Waals surface area contributed by atoms with Crippen molar-refractivity contribution in [3.05, 3.63) is 35.4 Å². The minimum absolute atomic E-state index is 0.546. The van der Waals surface area contributed by atoms with E-state index in [2.05, 4.69) is 27.9 Å². The van der Waals surface area contributed by atoms with Crippen LogP contribution < -0.4 is 0 Å². The number of carbonyl (C=O) groups is 1. The van der Waals surface area contributed by atoms with Crippen molar-refractivity contribution in [1.82, 2.24) is 9.80 Å². The summed E-state index contributed by atoms with van der Waals surface area (Å²) in [6.07, 6.45) is 0.0207. The van der Waals surface area contributed by atoms with Gasteiger partial charge in [-0.15, -0.1) is 0 Å². The van der Waals surface area contributed by atoms with Crippen LogP contribution in [0.1, 0.15) is 31.9 Å². The van der Waals surface area contributed by atoms with Gasteiger partial charge in [0.1, 0.15) is 5.60 Å². The zero-order valence-corrected chi connectivity index (χ0v) is 16.2. The molecule has 1 aliphatic heterocycles. The van der Waals surface area contributed by atoms with Crippen molar-refractivity contribution in [3.63, 3.8) is 0 Å². The molecule has 6 heteroatoms. The molecule has 1 saturated heterocycles. The van der Waals surface area contributed by atoms with Gasteiger partial charge in [-0.25, -0.2) is 4.79 Å². The molecular weight excluding hydrogens is 328 g/mol. The number of benzene rings is 1. The van der Waals surface area contributed by atoms with Gasteiger partial charge in [0.2, 0.25) is 0 Å². The Labute approximate surface area is 156 Å². The monoisotopic (exact) mass is 356 g/mol. The fourth-order valence-corrected chi connectivity index (χ4v) is 2.74. The third-order valence-corrected chi connectivity index (χ3v) is 4.14. The smallest absolute Gasteiger partial charge is 0.434 e. The van der Waals surface area contributed by atoms with Crippen molar-refractivity contribution in [3.8, 4) is 6.07 Å². The Morgan fingerprint density at radius 2 is 1.81 bits per heavy atom. The zero-order valence-electron chi connectivity index (χ0n) is 16.2. The molecule has 0 spiro atoms. The van der Waals surface area contributed by atoms with Crippen LogP contribution in [0.3, 0.4) is 0 Å². The first-order valence-electron chi connectivity index (χ1n) is 8.94. The largest absolute Gasteiger partial charge is 0.442 e. The minimum Gasteiger partial charge on any atom is -0.442 e. The lowest BCUT2D eigenvalue weighted by Gasteiger charge is -2.32. The standard InChI is InChI=1S/C20H28N4O2/c1-20(2,3)26-19(25)22-18(15-24-11-9-23(4)10-12-24)13-16-5-7-17(14-21)8-6-16/h5-8H,9-13,15H2,1-4H3/b22-18-. The SMILES string of the molecule is CN1CCN(C/C(Cc2ccc(C#N)cc2)=N\C(=O)OC(C)(C)C)CC1. The van der Waals surface area contributed by atoms with Gasteiger partial charge in [0, 0.05) is 44.9 Å². The second-order valence-electron chi connectivity index (χ2n) is 7.72. The molecule has 0 radical (unpaired) electrons. The summed E-state index contributed by atoms with van der Waals surface area (Å²) in [5, 5.41) is 8.93. The van der Waals surface area contributed by atoms with E-state index >= 15 is 0 Å². The van der Waals surface area contributed by atoms with Gasteiger partial charge >= 0.3 is 6.09 Å². The fourth-order valence-electron chi connectivity index (χ4n) is 2.74. The van der Waals surface area contributed by atoms with Crippen LogP contribution >= 0.6 is 0 Å². The molecule has 1 aliphatic rings. The van der Waals surface area contributed by atoms with Crippen LogP contribution in [0.4, 0.5) is 4.79 Å². The van der Waals surface area contributed by atoms with Crippen LogP contribution in [-0.4, -0.2) is 67.0 Å². The number of hydrogen-bond acceptors (Lipinski definition) is 5. The molecular formula is C20H28N4O2. The topological polar surface area (TPSA) is 68.9 Å². The lowest BCUT2D eigenvalue weighted by molar-refractivity contribution is 0.0603. The lowest BCUT2D eigenvalue weighted by atomic mass is 10.1. The second-order valence-corrected chi connectivity index (χ2v) is 7.72. The van der Waals surface area contributed by atoms with Gasteiger partial charge in [-0.1, -0.05) is 12.1 Å². The molecule has 0 saturated carbocycles. The highest BCUT2D eigenvalue weighted by Gasteiger charge is 2.19. The second kappa shape index (κ2) is 8.93. The van der Waals surface area contributed by atoms with Crippen molar-refractivity contribution < 1.29 is 9.53 Å². The molecule has 6 nitrogen and oxygen atoms in total. The normalized spacial score (nSPS) is 17.0. The lowest BCUT2D eigenvalue weighted by Crippen LogP contribution is -2.46. The number of nitrogens with zero attached hydrogens (tertiary/aromatic N) is 4. The molecule has 0 atom stereocenters. The Morgan fingerprint density at radius 3 is 2.35 bits per heavy atom. The average molecular weight is 356 g/mol. The number of ether oxygens (including phenoxy) is 1. The van der Waals surface area contributed by atoms with Crippen LogP contribution in [0.15, 0.2) is 29.3 Å². The molecule has 0 bridgehead atoms. The Balaban J connectivity index is 2.11. The number of aliphatic imine (C=N–C) groups is 1. The molecule has 0 unspecified atom stereocenters. The summed E-state index contributed by atoms with van der Waals surface area (Å²) in [5.74, 6) is 0. The highest BCUT2D eigenvalue weighted by molar-refractivity contribution is 5.96. The molecule has 140 valence electrons. The van der Waals surface area contributed by atoms with Crippen LogP contribution in [0, 0.1) is 11.3 Å².